The second kappa shape index (κ2) is 5.46. The average molecular weight is 285 g/mol. The summed E-state index contributed by atoms with van der Waals surface area (Å²) < 4.78 is 28.7. The molecule has 2 N–H and O–H groups in total. The van der Waals surface area contributed by atoms with Crippen LogP contribution in [0.1, 0.15) is 5.56 Å². The van der Waals surface area contributed by atoms with Gasteiger partial charge in [0, 0.05) is 29.4 Å². The highest BCUT2D eigenvalue weighted by Gasteiger charge is 2.11. The van der Waals surface area contributed by atoms with Crippen LogP contribution in [0.25, 0.3) is 16.8 Å². The van der Waals surface area contributed by atoms with E-state index >= 15 is 0 Å². The molecule has 0 aliphatic carbocycles. The van der Waals surface area contributed by atoms with Crippen LogP contribution in [0.2, 0.25) is 0 Å². The lowest BCUT2D eigenvalue weighted by Gasteiger charge is -2.04. The van der Waals surface area contributed by atoms with Gasteiger partial charge in [0.15, 0.2) is 0 Å². The van der Waals surface area contributed by atoms with Crippen molar-refractivity contribution in [2.75, 3.05) is 0 Å². The average Bonchev–Trinajstić information content (AvgIpc) is 2.98. The van der Waals surface area contributed by atoms with Crippen molar-refractivity contribution in [1.29, 1.82) is 0 Å². The Labute approximate surface area is 120 Å². The molecular formula is C16H13F2N3. The first-order valence-electron chi connectivity index (χ1n) is 6.47. The smallest absolute Gasteiger partial charge is 0.135 e. The van der Waals surface area contributed by atoms with Crippen molar-refractivity contribution in [3.8, 4) is 16.8 Å². The summed E-state index contributed by atoms with van der Waals surface area (Å²) in [5, 5.41) is 4.19. The Morgan fingerprint density at radius 2 is 1.81 bits per heavy atom. The molecule has 5 heteroatoms. The summed E-state index contributed by atoms with van der Waals surface area (Å²) >= 11 is 0. The van der Waals surface area contributed by atoms with E-state index in [2.05, 4.69) is 5.10 Å². The van der Waals surface area contributed by atoms with Crippen LogP contribution in [0.4, 0.5) is 8.78 Å². The second-order valence-corrected chi connectivity index (χ2v) is 4.63. The molecule has 0 aliphatic rings. The van der Waals surface area contributed by atoms with Crippen LogP contribution in [-0.4, -0.2) is 9.78 Å². The molecule has 0 spiro atoms. The number of benzene rings is 2. The summed E-state index contributed by atoms with van der Waals surface area (Å²) in [6, 6.07) is 11.0. The van der Waals surface area contributed by atoms with Gasteiger partial charge in [-0.25, -0.2) is 13.5 Å². The van der Waals surface area contributed by atoms with Gasteiger partial charge in [0.2, 0.25) is 0 Å². The van der Waals surface area contributed by atoms with E-state index in [0.717, 1.165) is 0 Å². The molecule has 2 aromatic carbocycles. The van der Waals surface area contributed by atoms with Crippen molar-refractivity contribution in [3.63, 3.8) is 0 Å². The molecule has 21 heavy (non-hydrogen) atoms. The van der Waals surface area contributed by atoms with Gasteiger partial charge in [0.1, 0.15) is 11.6 Å². The molecule has 3 nitrogen and oxygen atoms in total. The highest BCUT2D eigenvalue weighted by atomic mass is 19.1. The molecule has 0 unspecified atom stereocenters. The van der Waals surface area contributed by atoms with Crippen LogP contribution >= 0.6 is 0 Å². The quantitative estimate of drug-likeness (QED) is 0.802. The molecular weight excluding hydrogens is 272 g/mol. The van der Waals surface area contributed by atoms with Gasteiger partial charge in [-0.2, -0.15) is 5.10 Å². The third-order valence-electron chi connectivity index (χ3n) is 3.28. The van der Waals surface area contributed by atoms with Crippen LogP contribution in [0, 0.1) is 11.6 Å². The third kappa shape index (κ3) is 2.55. The maximum Gasteiger partial charge on any atom is 0.135 e. The number of nitrogens with two attached hydrogens (primary N) is 1. The minimum Gasteiger partial charge on any atom is -0.326 e. The summed E-state index contributed by atoms with van der Waals surface area (Å²) in [6.07, 6.45) is 3.27. The molecule has 106 valence electrons. The second-order valence-electron chi connectivity index (χ2n) is 4.63. The first-order chi connectivity index (χ1) is 10.2. The number of hydrogen-bond acceptors (Lipinski definition) is 2. The highest BCUT2D eigenvalue weighted by Crippen LogP contribution is 2.25. The van der Waals surface area contributed by atoms with Gasteiger partial charge in [0.25, 0.3) is 0 Å². The Hall–Kier alpha value is -2.53. The Bertz CT molecular complexity index is 763. The number of aromatic nitrogens is 2. The first-order valence-corrected chi connectivity index (χ1v) is 6.47. The van der Waals surface area contributed by atoms with Crippen molar-refractivity contribution >= 4 is 0 Å². The monoisotopic (exact) mass is 285 g/mol. The first kappa shape index (κ1) is 13.5. The van der Waals surface area contributed by atoms with Gasteiger partial charge >= 0.3 is 0 Å². The Kier molecular flexibility index (Phi) is 3.50. The summed E-state index contributed by atoms with van der Waals surface area (Å²) in [5.74, 6) is -0.647. The molecule has 0 aliphatic heterocycles. The SMILES string of the molecule is NCc1cccc(-c2cnn(-c3ccc(F)cc3)c2)c1F. The molecule has 0 atom stereocenters. The van der Waals surface area contributed by atoms with Crippen molar-refractivity contribution in [2.45, 2.75) is 6.54 Å². The predicted molar refractivity (Wildman–Crippen MR) is 76.8 cm³/mol. The van der Waals surface area contributed by atoms with E-state index in [1.807, 2.05) is 0 Å². The zero-order valence-corrected chi connectivity index (χ0v) is 11.1. The zero-order chi connectivity index (χ0) is 14.8. The molecule has 0 saturated carbocycles. The number of nitrogens with zero attached hydrogens (tertiary/aromatic N) is 2. The fourth-order valence-electron chi connectivity index (χ4n) is 2.16. The van der Waals surface area contributed by atoms with E-state index in [4.69, 9.17) is 5.73 Å². The van der Waals surface area contributed by atoms with Crippen molar-refractivity contribution in [1.82, 2.24) is 9.78 Å². The van der Waals surface area contributed by atoms with E-state index in [1.165, 1.54) is 12.1 Å². The molecule has 0 saturated heterocycles. The van der Waals surface area contributed by atoms with Gasteiger partial charge in [-0.15, -0.1) is 0 Å². The molecule has 3 rings (SSSR count). The Balaban J connectivity index is 2.00. The van der Waals surface area contributed by atoms with Crippen molar-refractivity contribution in [3.05, 3.63) is 72.1 Å². The molecule has 3 aromatic rings. The lowest BCUT2D eigenvalue weighted by molar-refractivity contribution is 0.614. The lowest BCUT2D eigenvalue weighted by Crippen LogP contribution is -2.00. The minimum absolute atomic E-state index is 0.145. The normalized spacial score (nSPS) is 10.8. The maximum absolute atomic E-state index is 14.3. The van der Waals surface area contributed by atoms with Crippen LogP contribution in [-0.2, 0) is 6.54 Å². The van der Waals surface area contributed by atoms with E-state index in [0.29, 0.717) is 22.4 Å². The van der Waals surface area contributed by atoms with Gasteiger partial charge in [-0.1, -0.05) is 18.2 Å². The van der Waals surface area contributed by atoms with E-state index in [1.54, 1.807) is 47.4 Å². The Morgan fingerprint density at radius 3 is 2.52 bits per heavy atom. The highest BCUT2D eigenvalue weighted by molar-refractivity contribution is 5.64. The largest absolute Gasteiger partial charge is 0.326 e. The molecule has 0 amide bonds. The van der Waals surface area contributed by atoms with Crippen LogP contribution in [0.5, 0.6) is 0 Å². The summed E-state index contributed by atoms with van der Waals surface area (Å²) in [6.45, 7) is 0.145. The van der Waals surface area contributed by atoms with Crippen LogP contribution in [0.15, 0.2) is 54.9 Å². The van der Waals surface area contributed by atoms with E-state index < -0.39 is 0 Å². The molecule has 1 aromatic heterocycles. The fourth-order valence-corrected chi connectivity index (χ4v) is 2.16. The van der Waals surface area contributed by atoms with Gasteiger partial charge in [-0.3, -0.25) is 0 Å². The van der Waals surface area contributed by atoms with Crippen molar-refractivity contribution in [2.24, 2.45) is 5.73 Å². The van der Waals surface area contributed by atoms with Crippen molar-refractivity contribution < 1.29 is 8.78 Å². The van der Waals surface area contributed by atoms with Gasteiger partial charge in [0.05, 0.1) is 11.9 Å². The number of hydrogen-bond donors (Lipinski definition) is 1. The summed E-state index contributed by atoms with van der Waals surface area (Å²) in [5.41, 5.74) is 7.77. The molecule has 0 fully saturated rings. The number of rotatable bonds is 3. The number of halogens is 2. The molecule has 0 bridgehead atoms. The van der Waals surface area contributed by atoms with E-state index in [9.17, 15) is 8.78 Å². The van der Waals surface area contributed by atoms with Gasteiger partial charge in [-0.05, 0) is 24.3 Å². The van der Waals surface area contributed by atoms with Crippen LogP contribution in [0.3, 0.4) is 0 Å². The predicted octanol–water partition coefficient (Wildman–Crippen LogP) is 3.28. The summed E-state index contributed by atoms with van der Waals surface area (Å²) in [7, 11) is 0. The molecule has 0 radical (unpaired) electrons. The lowest BCUT2D eigenvalue weighted by atomic mass is 10.1. The summed E-state index contributed by atoms with van der Waals surface area (Å²) in [4.78, 5) is 0. The zero-order valence-electron chi connectivity index (χ0n) is 11.1. The third-order valence-corrected chi connectivity index (χ3v) is 3.28. The standard InChI is InChI=1S/C16H13F2N3/c17-13-4-6-14(7-5-13)21-10-12(9-20-21)15-3-1-2-11(8-19)16(15)18/h1-7,9-10H,8,19H2. The van der Waals surface area contributed by atoms with E-state index in [-0.39, 0.29) is 18.2 Å². The minimum atomic E-state index is -0.335. The Morgan fingerprint density at radius 1 is 1.05 bits per heavy atom. The van der Waals surface area contributed by atoms with Crippen LogP contribution < -0.4 is 5.73 Å². The maximum atomic E-state index is 14.3. The fraction of sp³-hybridized carbons (Fsp3) is 0.0625. The topological polar surface area (TPSA) is 43.8 Å². The molecule has 1 heterocycles. The van der Waals surface area contributed by atoms with Gasteiger partial charge < -0.3 is 5.73 Å².